The summed E-state index contributed by atoms with van der Waals surface area (Å²) in [6.45, 7) is 4.64. The Morgan fingerprint density at radius 2 is 1.90 bits per heavy atom. The van der Waals surface area contributed by atoms with Gasteiger partial charge in [0.05, 0.1) is 6.61 Å². The maximum absolute atomic E-state index is 11.9. The highest BCUT2D eigenvalue weighted by Crippen LogP contribution is 2.28. The standard InChI is InChI=1S/C16H28N2O3/c19-15(16(20)17-14-3-4-14)13-5-7-18(8-6-13)9-10-21-11-12-1-2-12/h12-15,19H,1-11H2,(H,17,20). The zero-order chi connectivity index (χ0) is 14.7. The van der Waals surface area contributed by atoms with Gasteiger partial charge in [-0.1, -0.05) is 0 Å². The van der Waals surface area contributed by atoms with E-state index in [0.717, 1.165) is 64.4 Å². The highest BCUT2D eigenvalue weighted by molar-refractivity contribution is 5.81. The van der Waals surface area contributed by atoms with E-state index < -0.39 is 6.10 Å². The van der Waals surface area contributed by atoms with Gasteiger partial charge in [0.25, 0.3) is 0 Å². The summed E-state index contributed by atoms with van der Waals surface area (Å²) in [5.41, 5.74) is 0. The molecule has 2 aliphatic carbocycles. The average Bonchev–Trinajstić information content (AvgIpc) is 3.38. The second kappa shape index (κ2) is 7.07. The maximum Gasteiger partial charge on any atom is 0.249 e. The lowest BCUT2D eigenvalue weighted by molar-refractivity contribution is -0.133. The van der Waals surface area contributed by atoms with Gasteiger partial charge in [0.15, 0.2) is 0 Å². The number of nitrogens with one attached hydrogen (secondary N) is 1. The third kappa shape index (κ3) is 4.94. The molecule has 3 rings (SSSR count). The fourth-order valence-electron chi connectivity index (χ4n) is 2.95. The van der Waals surface area contributed by atoms with E-state index in [1.807, 2.05) is 0 Å². The fraction of sp³-hybridized carbons (Fsp3) is 0.938. The molecule has 3 fully saturated rings. The number of aliphatic hydroxyl groups is 1. The number of piperidine rings is 1. The van der Waals surface area contributed by atoms with Crippen LogP contribution in [0.15, 0.2) is 0 Å². The van der Waals surface area contributed by atoms with Crippen molar-refractivity contribution in [3.63, 3.8) is 0 Å². The van der Waals surface area contributed by atoms with Gasteiger partial charge in [0, 0.05) is 19.2 Å². The molecule has 0 radical (unpaired) electrons. The molecule has 0 spiro atoms. The molecular weight excluding hydrogens is 268 g/mol. The smallest absolute Gasteiger partial charge is 0.249 e. The van der Waals surface area contributed by atoms with E-state index in [1.54, 1.807) is 0 Å². The van der Waals surface area contributed by atoms with Crippen LogP contribution >= 0.6 is 0 Å². The summed E-state index contributed by atoms with van der Waals surface area (Å²) in [4.78, 5) is 14.2. The van der Waals surface area contributed by atoms with E-state index in [1.165, 1.54) is 12.8 Å². The Morgan fingerprint density at radius 1 is 1.19 bits per heavy atom. The largest absolute Gasteiger partial charge is 0.383 e. The average molecular weight is 296 g/mol. The van der Waals surface area contributed by atoms with E-state index in [9.17, 15) is 9.90 Å². The number of rotatable bonds is 8. The monoisotopic (exact) mass is 296 g/mol. The first-order valence-electron chi connectivity index (χ1n) is 8.51. The molecule has 2 saturated carbocycles. The van der Waals surface area contributed by atoms with Crippen molar-refractivity contribution >= 4 is 5.91 Å². The van der Waals surface area contributed by atoms with Crippen LogP contribution < -0.4 is 5.32 Å². The predicted octanol–water partition coefficient (Wildman–Crippen LogP) is 0.764. The molecule has 21 heavy (non-hydrogen) atoms. The van der Waals surface area contributed by atoms with Crippen molar-refractivity contribution in [2.45, 2.75) is 50.7 Å². The van der Waals surface area contributed by atoms with Gasteiger partial charge >= 0.3 is 0 Å². The summed E-state index contributed by atoms with van der Waals surface area (Å²) >= 11 is 0. The van der Waals surface area contributed by atoms with Crippen LogP contribution in [0.2, 0.25) is 0 Å². The first-order chi connectivity index (χ1) is 10.2. The van der Waals surface area contributed by atoms with Crippen molar-refractivity contribution in [1.29, 1.82) is 0 Å². The molecule has 1 saturated heterocycles. The van der Waals surface area contributed by atoms with E-state index >= 15 is 0 Å². The molecule has 0 aromatic rings. The van der Waals surface area contributed by atoms with E-state index in [0.29, 0.717) is 6.04 Å². The number of carbonyl (C=O) groups excluding carboxylic acids is 1. The van der Waals surface area contributed by atoms with Crippen molar-refractivity contribution in [3.05, 3.63) is 0 Å². The van der Waals surface area contributed by atoms with Gasteiger partial charge in [-0.05, 0) is 63.5 Å². The van der Waals surface area contributed by atoms with Crippen LogP contribution in [0.25, 0.3) is 0 Å². The van der Waals surface area contributed by atoms with E-state index in [4.69, 9.17) is 4.74 Å². The molecule has 3 aliphatic rings. The highest BCUT2D eigenvalue weighted by atomic mass is 16.5. The Bertz CT molecular complexity index is 347. The molecule has 5 heteroatoms. The highest BCUT2D eigenvalue weighted by Gasteiger charge is 2.32. The van der Waals surface area contributed by atoms with Crippen LogP contribution in [-0.4, -0.2) is 60.9 Å². The molecule has 0 bridgehead atoms. The number of aliphatic hydroxyl groups excluding tert-OH is 1. The molecule has 5 nitrogen and oxygen atoms in total. The lowest BCUT2D eigenvalue weighted by Gasteiger charge is -2.33. The van der Waals surface area contributed by atoms with Crippen LogP contribution in [0.3, 0.4) is 0 Å². The first kappa shape index (κ1) is 15.3. The van der Waals surface area contributed by atoms with Crippen LogP contribution in [0.1, 0.15) is 38.5 Å². The Labute approximate surface area is 127 Å². The van der Waals surface area contributed by atoms with Crippen LogP contribution in [0.4, 0.5) is 0 Å². The van der Waals surface area contributed by atoms with Crippen molar-refractivity contribution in [2.24, 2.45) is 11.8 Å². The number of ether oxygens (including phenoxy) is 1. The minimum Gasteiger partial charge on any atom is -0.383 e. The van der Waals surface area contributed by atoms with Gasteiger partial charge in [0.1, 0.15) is 6.10 Å². The second-order valence-corrected chi connectivity index (χ2v) is 6.93. The summed E-state index contributed by atoms with van der Waals surface area (Å²) in [6, 6.07) is 0.329. The first-order valence-corrected chi connectivity index (χ1v) is 8.51. The number of amides is 1. The van der Waals surface area contributed by atoms with Gasteiger partial charge in [-0.15, -0.1) is 0 Å². The van der Waals surface area contributed by atoms with Gasteiger partial charge < -0.3 is 20.1 Å². The molecule has 2 N–H and O–H groups in total. The predicted molar refractivity (Wildman–Crippen MR) is 79.9 cm³/mol. The molecule has 1 unspecified atom stereocenters. The van der Waals surface area contributed by atoms with Crippen molar-refractivity contribution in [1.82, 2.24) is 10.2 Å². The minimum absolute atomic E-state index is 0.118. The third-order valence-corrected chi connectivity index (χ3v) is 4.87. The Morgan fingerprint density at radius 3 is 2.52 bits per heavy atom. The minimum atomic E-state index is -0.820. The van der Waals surface area contributed by atoms with Gasteiger partial charge in [-0.3, -0.25) is 4.79 Å². The van der Waals surface area contributed by atoms with Crippen molar-refractivity contribution in [2.75, 3.05) is 32.8 Å². The van der Waals surface area contributed by atoms with Gasteiger partial charge in [0.2, 0.25) is 5.91 Å². The number of hydrogen-bond acceptors (Lipinski definition) is 4. The summed E-state index contributed by atoms with van der Waals surface area (Å²) in [5, 5.41) is 13.0. The van der Waals surface area contributed by atoms with Crippen LogP contribution in [0, 0.1) is 11.8 Å². The summed E-state index contributed by atoms with van der Waals surface area (Å²) < 4.78 is 5.67. The topological polar surface area (TPSA) is 61.8 Å². The summed E-state index contributed by atoms with van der Waals surface area (Å²) in [7, 11) is 0. The molecule has 1 heterocycles. The molecule has 1 aliphatic heterocycles. The number of likely N-dealkylation sites (tertiary alicyclic amines) is 1. The Hall–Kier alpha value is -0.650. The zero-order valence-electron chi connectivity index (χ0n) is 12.8. The molecule has 120 valence electrons. The number of nitrogens with zero attached hydrogens (tertiary/aromatic N) is 1. The van der Waals surface area contributed by atoms with Crippen molar-refractivity contribution in [3.8, 4) is 0 Å². The quantitative estimate of drug-likeness (QED) is 0.649. The summed E-state index contributed by atoms with van der Waals surface area (Å²) in [5.74, 6) is 0.784. The van der Waals surface area contributed by atoms with Gasteiger partial charge in [-0.2, -0.15) is 0 Å². The van der Waals surface area contributed by atoms with E-state index in [2.05, 4.69) is 10.2 Å². The number of carbonyl (C=O) groups is 1. The molecular formula is C16H28N2O3. The number of hydrogen-bond donors (Lipinski definition) is 2. The zero-order valence-corrected chi connectivity index (χ0v) is 12.8. The summed E-state index contributed by atoms with van der Waals surface area (Å²) in [6.07, 6.45) is 5.80. The normalized spacial score (nSPS) is 25.8. The fourth-order valence-corrected chi connectivity index (χ4v) is 2.95. The van der Waals surface area contributed by atoms with Crippen LogP contribution in [-0.2, 0) is 9.53 Å². The lowest BCUT2D eigenvalue weighted by Crippen LogP contribution is -2.45. The Kier molecular flexibility index (Phi) is 5.14. The molecule has 1 atom stereocenters. The van der Waals surface area contributed by atoms with Crippen molar-refractivity contribution < 1.29 is 14.6 Å². The third-order valence-electron chi connectivity index (χ3n) is 4.87. The van der Waals surface area contributed by atoms with E-state index in [-0.39, 0.29) is 11.8 Å². The lowest BCUT2D eigenvalue weighted by atomic mass is 9.90. The SMILES string of the molecule is O=C(NC1CC1)C(O)C1CCN(CCOCC2CC2)CC1. The maximum atomic E-state index is 11.9. The molecule has 1 amide bonds. The molecule has 0 aromatic heterocycles. The Balaban J connectivity index is 1.29. The van der Waals surface area contributed by atoms with Crippen LogP contribution in [0.5, 0.6) is 0 Å². The second-order valence-electron chi connectivity index (χ2n) is 6.93. The van der Waals surface area contributed by atoms with Gasteiger partial charge in [-0.25, -0.2) is 0 Å². The molecule has 0 aromatic carbocycles.